The maximum Gasteiger partial charge on any atom is 0.179 e. The molecule has 8 heteroatoms. The molecule has 43 heavy (non-hydrogen) atoms. The van der Waals surface area contributed by atoms with Gasteiger partial charge in [-0.2, -0.15) is 5.10 Å². The molecule has 0 saturated heterocycles. The Morgan fingerprint density at radius 2 is 1.60 bits per heavy atom. The van der Waals surface area contributed by atoms with Gasteiger partial charge in [0.25, 0.3) is 0 Å². The summed E-state index contributed by atoms with van der Waals surface area (Å²) >= 11 is 0. The first-order valence-corrected chi connectivity index (χ1v) is 14.6. The molecule has 0 bridgehead atoms. The van der Waals surface area contributed by atoms with E-state index in [1.165, 1.54) is 11.6 Å². The number of hydrogen-bond donors (Lipinski definition) is 3. The Balaban J connectivity index is 1.43. The minimum atomic E-state index is -0.406. The molecule has 0 saturated carbocycles. The van der Waals surface area contributed by atoms with Crippen molar-refractivity contribution in [3.05, 3.63) is 119 Å². The van der Waals surface area contributed by atoms with Crippen LogP contribution in [0.2, 0.25) is 0 Å². The Bertz CT molecular complexity index is 1870. The maximum atomic E-state index is 10.6. The highest BCUT2D eigenvalue weighted by atomic mass is 16.3. The van der Waals surface area contributed by atoms with Gasteiger partial charge in [0.15, 0.2) is 29.0 Å². The fraction of sp³-hybridized carbons (Fsp3) is 0.171. The zero-order valence-electron chi connectivity index (χ0n) is 24.1. The zero-order chi connectivity index (χ0) is 29.5. The van der Waals surface area contributed by atoms with E-state index in [1.54, 1.807) is 6.07 Å². The Hall–Kier alpha value is -5.37. The third-order valence-corrected chi connectivity index (χ3v) is 7.99. The summed E-state index contributed by atoms with van der Waals surface area (Å²) in [6.07, 6.45) is 3.37. The zero-order valence-corrected chi connectivity index (χ0v) is 24.1. The molecule has 2 aliphatic heterocycles. The van der Waals surface area contributed by atoms with Crippen LogP contribution in [0.4, 0.5) is 22.9 Å². The summed E-state index contributed by atoms with van der Waals surface area (Å²) in [5.41, 5.74) is 7.31. The van der Waals surface area contributed by atoms with E-state index in [2.05, 4.69) is 41.4 Å². The van der Waals surface area contributed by atoms with Crippen molar-refractivity contribution < 1.29 is 10.2 Å². The van der Waals surface area contributed by atoms with E-state index >= 15 is 0 Å². The lowest BCUT2D eigenvalue weighted by Gasteiger charge is -2.40. The average Bonchev–Trinajstić information content (AvgIpc) is 3.37. The summed E-state index contributed by atoms with van der Waals surface area (Å²) in [6, 6.07) is 31.0. The molecule has 1 aromatic heterocycles. The fourth-order valence-electron chi connectivity index (χ4n) is 5.85. The van der Waals surface area contributed by atoms with Crippen LogP contribution in [0.15, 0.2) is 107 Å². The maximum absolute atomic E-state index is 10.6. The van der Waals surface area contributed by atoms with E-state index in [9.17, 15) is 10.2 Å². The molecule has 0 aliphatic carbocycles. The van der Waals surface area contributed by atoms with Crippen molar-refractivity contribution in [1.29, 1.82) is 0 Å². The van der Waals surface area contributed by atoms with Crippen LogP contribution >= 0.6 is 0 Å². The van der Waals surface area contributed by atoms with Gasteiger partial charge in [-0.1, -0.05) is 61.9 Å². The molecule has 2 aliphatic rings. The predicted octanol–water partition coefficient (Wildman–Crippen LogP) is 7.73. The smallest absolute Gasteiger partial charge is 0.179 e. The van der Waals surface area contributed by atoms with Crippen molar-refractivity contribution in [2.24, 2.45) is 9.98 Å². The highest BCUT2D eigenvalue weighted by molar-refractivity contribution is 6.51. The largest absolute Gasteiger partial charge is 0.504 e. The number of benzene rings is 4. The number of rotatable bonds is 6. The number of anilines is 2. The van der Waals surface area contributed by atoms with Crippen LogP contribution in [-0.2, 0) is 6.42 Å². The molecule has 3 N–H and O–H groups in total. The van der Waals surface area contributed by atoms with Gasteiger partial charge < -0.3 is 20.4 Å². The lowest BCUT2D eigenvalue weighted by molar-refractivity contribution is 0.403. The number of phenols is 2. The van der Waals surface area contributed by atoms with Crippen molar-refractivity contribution >= 4 is 34.6 Å². The number of aromatic hydroxyl groups is 2. The molecule has 0 radical (unpaired) electrons. The van der Waals surface area contributed by atoms with Crippen molar-refractivity contribution in [3.63, 3.8) is 0 Å². The Labute approximate surface area is 250 Å². The molecule has 7 rings (SSSR count). The van der Waals surface area contributed by atoms with Gasteiger partial charge in [-0.05, 0) is 79.4 Å². The number of phenolic OH excluding ortho intramolecular Hbond substituents is 2. The first-order valence-electron chi connectivity index (χ1n) is 14.6. The minimum Gasteiger partial charge on any atom is -0.504 e. The number of nitrogens with zero attached hydrogens (tertiary/aromatic N) is 5. The van der Waals surface area contributed by atoms with Gasteiger partial charge >= 0.3 is 0 Å². The molecule has 0 fully saturated rings. The lowest BCUT2D eigenvalue weighted by atomic mass is 9.93. The van der Waals surface area contributed by atoms with Crippen molar-refractivity contribution in [1.82, 2.24) is 9.78 Å². The van der Waals surface area contributed by atoms with E-state index < -0.39 is 6.04 Å². The monoisotopic (exact) mass is 568 g/mol. The molecule has 1 atom stereocenters. The number of hydrogen-bond acceptors (Lipinski definition) is 7. The molecular weight excluding hydrogens is 536 g/mol. The Morgan fingerprint density at radius 3 is 2.37 bits per heavy atom. The first kappa shape index (κ1) is 26.5. The number of fused-ring (bicyclic) bond motifs is 4. The fourth-order valence-corrected chi connectivity index (χ4v) is 5.85. The molecule has 4 aromatic carbocycles. The average molecular weight is 569 g/mol. The molecule has 214 valence electrons. The second-order valence-corrected chi connectivity index (χ2v) is 10.9. The second-order valence-electron chi connectivity index (χ2n) is 10.9. The number of aryl methyl sites for hydroxylation is 2. The number of amidine groups is 2. The topological polar surface area (TPSA) is 98.3 Å². The summed E-state index contributed by atoms with van der Waals surface area (Å²) in [5, 5.41) is 29.3. The van der Waals surface area contributed by atoms with E-state index in [0.717, 1.165) is 58.8 Å². The quantitative estimate of drug-likeness (QED) is 0.182. The van der Waals surface area contributed by atoms with E-state index in [-0.39, 0.29) is 11.5 Å². The molecule has 8 nitrogen and oxygen atoms in total. The molecule has 0 spiro atoms. The number of unbranched alkanes of at least 4 members (excludes halogenated alkanes) is 1. The number of para-hydroxylation sites is 3. The highest BCUT2D eigenvalue weighted by Gasteiger charge is 2.41. The first-order chi connectivity index (χ1) is 21.0. The minimum absolute atomic E-state index is 0.171. The Kier molecular flexibility index (Phi) is 6.66. The summed E-state index contributed by atoms with van der Waals surface area (Å²) in [5.74, 6) is 1.58. The van der Waals surface area contributed by atoms with Crippen LogP contribution in [0.5, 0.6) is 11.5 Å². The van der Waals surface area contributed by atoms with Gasteiger partial charge in [0.05, 0.1) is 28.8 Å². The molecule has 0 amide bonds. The van der Waals surface area contributed by atoms with E-state index in [0.29, 0.717) is 17.5 Å². The summed E-state index contributed by atoms with van der Waals surface area (Å²) in [6.45, 7) is 4.18. The van der Waals surface area contributed by atoms with E-state index in [4.69, 9.17) is 15.1 Å². The number of nitrogens with one attached hydrogen (secondary N) is 1. The summed E-state index contributed by atoms with van der Waals surface area (Å²) in [7, 11) is 0. The molecule has 3 heterocycles. The molecule has 0 unspecified atom stereocenters. The van der Waals surface area contributed by atoms with Gasteiger partial charge in [0, 0.05) is 11.3 Å². The van der Waals surface area contributed by atoms with Crippen LogP contribution < -0.4 is 10.2 Å². The van der Waals surface area contributed by atoms with Gasteiger partial charge in [-0.25, -0.2) is 14.7 Å². The van der Waals surface area contributed by atoms with Gasteiger partial charge in [0.1, 0.15) is 0 Å². The SMILES string of the molecule is CCCCc1ccc(NC2=Nc3ccccc3N3C2=Nc2c(c(C)nn2-c2ccccc2)[C@@H]3c2ccc(O)c(O)c2)cc1. The third kappa shape index (κ3) is 4.70. The molecule has 5 aromatic rings. The molecular formula is C35H32N6O2. The van der Waals surface area contributed by atoms with E-state index in [1.807, 2.05) is 72.3 Å². The predicted molar refractivity (Wildman–Crippen MR) is 172 cm³/mol. The standard InChI is InChI=1S/C35H32N6O2/c1-3-4-10-23-15-18-25(19-16-23)36-33-35-38-34-31(22(2)39-41(34)26-11-6-5-7-12-26)32(24-17-20-29(42)30(43)21-24)40(35)28-14-9-8-13-27(28)37-33/h5-9,11-21,32,42-43H,3-4,10H2,1-2H3,(H,36,37)/t32-/m0/s1. The third-order valence-electron chi connectivity index (χ3n) is 7.99. The van der Waals surface area contributed by atoms with Crippen LogP contribution in [0.3, 0.4) is 0 Å². The van der Waals surface area contributed by atoms with Crippen LogP contribution in [-0.4, -0.2) is 31.7 Å². The normalized spacial score (nSPS) is 15.2. The van der Waals surface area contributed by atoms with Crippen molar-refractivity contribution in [2.75, 3.05) is 10.2 Å². The van der Waals surface area contributed by atoms with Crippen LogP contribution in [0.25, 0.3) is 5.69 Å². The Morgan fingerprint density at radius 1 is 0.837 bits per heavy atom. The van der Waals surface area contributed by atoms with Gasteiger partial charge in [0.2, 0.25) is 0 Å². The summed E-state index contributed by atoms with van der Waals surface area (Å²) in [4.78, 5) is 12.5. The van der Waals surface area contributed by atoms with Crippen LogP contribution in [0, 0.1) is 6.92 Å². The van der Waals surface area contributed by atoms with Gasteiger partial charge in [-0.15, -0.1) is 0 Å². The van der Waals surface area contributed by atoms with Gasteiger partial charge in [-0.3, -0.25) is 0 Å². The highest BCUT2D eigenvalue weighted by Crippen LogP contribution is 2.49. The lowest BCUT2D eigenvalue weighted by Crippen LogP contribution is -2.46. The van der Waals surface area contributed by atoms with Crippen molar-refractivity contribution in [3.8, 4) is 17.2 Å². The number of aliphatic imine (C=N–C) groups is 2. The summed E-state index contributed by atoms with van der Waals surface area (Å²) < 4.78 is 1.86. The number of aromatic nitrogens is 2. The van der Waals surface area contributed by atoms with Crippen molar-refractivity contribution in [2.45, 2.75) is 39.2 Å². The van der Waals surface area contributed by atoms with Crippen LogP contribution in [0.1, 0.15) is 48.2 Å². The second kappa shape index (κ2) is 10.8.